The Bertz CT molecular complexity index is 4140. The second-order valence-electron chi connectivity index (χ2n) is 19.7. The van der Waals surface area contributed by atoms with Gasteiger partial charge in [0.15, 0.2) is 34.9 Å². The molecule has 0 amide bonds. The molecule has 0 aliphatic heterocycles. The van der Waals surface area contributed by atoms with Gasteiger partial charge in [0, 0.05) is 62.1 Å². The van der Waals surface area contributed by atoms with Crippen LogP contribution >= 0.6 is 0 Å². The summed E-state index contributed by atoms with van der Waals surface area (Å²) in [6, 6.07) is 76.1. The van der Waals surface area contributed by atoms with Crippen LogP contribution in [-0.4, -0.2) is 39.5 Å². The van der Waals surface area contributed by atoms with Gasteiger partial charge >= 0.3 is 0 Å². The van der Waals surface area contributed by atoms with E-state index in [1.54, 1.807) is 0 Å². The molecule has 0 saturated carbocycles. The molecule has 0 atom stereocenters. The molecule has 366 valence electrons. The fraction of sp³-hybridized carbons (Fsp3) is 0.0580. The molecule has 0 unspecified atom stereocenters. The Morgan fingerprint density at radius 1 is 0.286 bits per heavy atom. The summed E-state index contributed by atoms with van der Waals surface area (Å²) in [4.78, 5) is 35.8. The minimum atomic E-state index is 0.494. The van der Waals surface area contributed by atoms with Gasteiger partial charge in [0.05, 0.1) is 16.7 Å². The molecule has 0 radical (unpaired) electrons. The average molecular weight is 991 g/mol. The summed E-state index contributed by atoms with van der Waals surface area (Å²) in [7, 11) is 0. The van der Waals surface area contributed by atoms with Crippen molar-refractivity contribution in [3.63, 3.8) is 0 Å². The van der Waals surface area contributed by atoms with Crippen LogP contribution in [0.25, 0.3) is 129 Å². The maximum atomic E-state index is 5.25. The molecular weight excluding hydrogens is 941 g/mol. The van der Waals surface area contributed by atoms with Gasteiger partial charge in [-0.1, -0.05) is 181 Å². The second kappa shape index (κ2) is 19.7. The molecule has 0 aliphatic rings. The number of pyridine rings is 1. The highest BCUT2D eigenvalue weighted by Gasteiger charge is 2.24. The molecular formula is C69H50N8. The minimum Gasteiger partial charge on any atom is -0.309 e. The topological polar surface area (TPSA) is 95.2 Å². The molecule has 77 heavy (non-hydrogen) atoms. The van der Waals surface area contributed by atoms with E-state index >= 15 is 0 Å². The zero-order chi connectivity index (χ0) is 52.0. The molecule has 8 heteroatoms. The van der Waals surface area contributed by atoms with Crippen LogP contribution in [0.2, 0.25) is 0 Å². The molecule has 4 aromatic heterocycles. The molecule has 0 fully saturated rings. The van der Waals surface area contributed by atoms with Crippen molar-refractivity contribution in [3.05, 3.63) is 253 Å². The number of fused-ring (bicyclic) bond motifs is 3. The summed E-state index contributed by atoms with van der Waals surface area (Å²) >= 11 is 0. The number of hydrogen-bond acceptors (Lipinski definition) is 7. The van der Waals surface area contributed by atoms with Crippen molar-refractivity contribution >= 4 is 21.8 Å². The average Bonchev–Trinajstić information content (AvgIpc) is 3.81. The Hall–Kier alpha value is -10.1. The molecule has 0 spiro atoms. The van der Waals surface area contributed by atoms with Crippen LogP contribution in [0.5, 0.6) is 0 Å². The summed E-state index contributed by atoms with van der Waals surface area (Å²) in [6.07, 6.45) is 3.71. The smallest absolute Gasteiger partial charge is 0.166 e. The van der Waals surface area contributed by atoms with Gasteiger partial charge in [-0.15, -0.1) is 0 Å². The van der Waals surface area contributed by atoms with Crippen LogP contribution in [0.15, 0.2) is 231 Å². The third kappa shape index (κ3) is 8.91. The van der Waals surface area contributed by atoms with E-state index in [2.05, 4.69) is 129 Å². The summed E-state index contributed by atoms with van der Waals surface area (Å²) in [5.74, 6) is 3.32. The van der Waals surface area contributed by atoms with Crippen LogP contribution < -0.4 is 0 Å². The van der Waals surface area contributed by atoms with Crippen LogP contribution in [-0.2, 0) is 0 Å². The lowest BCUT2D eigenvalue weighted by Crippen LogP contribution is -2.04. The predicted octanol–water partition coefficient (Wildman–Crippen LogP) is 16.8. The Morgan fingerprint density at radius 2 is 0.688 bits per heavy atom. The highest BCUT2D eigenvalue weighted by molar-refractivity contribution is 6.12. The van der Waals surface area contributed by atoms with Gasteiger partial charge in [-0.3, -0.25) is 4.98 Å². The van der Waals surface area contributed by atoms with Crippen LogP contribution in [0.3, 0.4) is 0 Å². The highest BCUT2D eigenvalue weighted by Crippen LogP contribution is 2.43. The fourth-order valence-electron chi connectivity index (χ4n) is 10.7. The SMILES string of the molecule is Cc1ccc(-c2ccc3c(c2)c2cc(-c4ccc(C)cc4C)ccc2n3-c2ccc(-c3nc(-c4ccccc4)nc(-c4ccccc4)n3)cc2-c2ccncc2-c2nc(-c3ccccc3)nc(-c3ccccc3)n2)c(C)c1. The summed E-state index contributed by atoms with van der Waals surface area (Å²) in [6.45, 7) is 8.69. The van der Waals surface area contributed by atoms with Crippen molar-refractivity contribution in [2.75, 3.05) is 0 Å². The van der Waals surface area contributed by atoms with Gasteiger partial charge in [-0.05, 0) is 115 Å². The van der Waals surface area contributed by atoms with Crippen molar-refractivity contribution in [2.24, 2.45) is 0 Å². The van der Waals surface area contributed by atoms with Crippen molar-refractivity contribution in [3.8, 4) is 107 Å². The molecule has 8 nitrogen and oxygen atoms in total. The number of hydrogen-bond donors (Lipinski definition) is 0. The van der Waals surface area contributed by atoms with E-state index in [0.29, 0.717) is 34.9 Å². The Morgan fingerprint density at radius 3 is 1.12 bits per heavy atom. The van der Waals surface area contributed by atoms with Crippen LogP contribution in [0, 0.1) is 27.7 Å². The first-order chi connectivity index (χ1) is 37.8. The van der Waals surface area contributed by atoms with E-state index in [1.807, 2.05) is 134 Å². The molecule has 4 heterocycles. The van der Waals surface area contributed by atoms with Crippen molar-refractivity contribution in [1.29, 1.82) is 0 Å². The van der Waals surface area contributed by atoms with E-state index in [4.69, 9.17) is 34.9 Å². The Labute approximate surface area is 447 Å². The summed E-state index contributed by atoms with van der Waals surface area (Å²) in [5.41, 5.74) is 19.6. The first-order valence-corrected chi connectivity index (χ1v) is 25.9. The molecule has 13 rings (SSSR count). The second-order valence-corrected chi connectivity index (χ2v) is 19.7. The van der Waals surface area contributed by atoms with Gasteiger partial charge in [0.2, 0.25) is 0 Å². The molecule has 0 saturated heterocycles. The van der Waals surface area contributed by atoms with Gasteiger partial charge in [0.25, 0.3) is 0 Å². The Balaban J connectivity index is 1.10. The first-order valence-electron chi connectivity index (χ1n) is 25.9. The van der Waals surface area contributed by atoms with Gasteiger partial charge in [-0.2, -0.15) is 0 Å². The summed E-state index contributed by atoms with van der Waals surface area (Å²) in [5, 5.41) is 2.29. The number of aryl methyl sites for hydroxylation is 4. The molecule has 0 bridgehead atoms. The number of nitrogens with zero attached hydrogens (tertiary/aromatic N) is 8. The molecule has 0 N–H and O–H groups in total. The minimum absolute atomic E-state index is 0.494. The van der Waals surface area contributed by atoms with E-state index in [9.17, 15) is 0 Å². The Kier molecular flexibility index (Phi) is 11.9. The third-order valence-electron chi connectivity index (χ3n) is 14.4. The van der Waals surface area contributed by atoms with E-state index < -0.39 is 0 Å². The number of benzene rings is 9. The molecule has 0 aliphatic carbocycles. The lowest BCUT2D eigenvalue weighted by molar-refractivity contribution is 1.07. The summed E-state index contributed by atoms with van der Waals surface area (Å²) < 4.78 is 2.40. The van der Waals surface area contributed by atoms with E-state index in [-0.39, 0.29) is 0 Å². The number of aromatic nitrogens is 8. The standard InChI is InChI=1S/C69H50N8/c1-43-25-30-54(45(3)37-43)51-27-32-62-58(39-51)59-40-52(55-31-26-44(2)38-46(55)4)28-33-63(59)77(62)61-34-29-53(68-73-64(47-17-9-5-10-18-47)71-65(74-68)48-19-11-6-12-20-48)41-57(61)56-35-36-70-42-60(56)69-75-66(49-21-13-7-14-22-49)72-67(76-69)50-23-15-8-16-24-50/h5-42H,1-4H3. The maximum absolute atomic E-state index is 5.25. The highest BCUT2D eigenvalue weighted by atomic mass is 15.0. The normalized spacial score (nSPS) is 11.4. The van der Waals surface area contributed by atoms with Crippen molar-refractivity contribution < 1.29 is 0 Å². The zero-order valence-electron chi connectivity index (χ0n) is 43.0. The quantitative estimate of drug-likeness (QED) is 0.135. The molecule has 13 aromatic rings. The molecule has 9 aromatic carbocycles. The van der Waals surface area contributed by atoms with Crippen molar-refractivity contribution in [2.45, 2.75) is 27.7 Å². The van der Waals surface area contributed by atoms with E-state index in [1.165, 1.54) is 33.4 Å². The third-order valence-corrected chi connectivity index (χ3v) is 14.4. The fourth-order valence-corrected chi connectivity index (χ4v) is 10.7. The number of rotatable bonds is 10. The van der Waals surface area contributed by atoms with Gasteiger partial charge < -0.3 is 4.57 Å². The van der Waals surface area contributed by atoms with Crippen LogP contribution in [0.1, 0.15) is 22.3 Å². The van der Waals surface area contributed by atoms with Crippen LogP contribution in [0.4, 0.5) is 0 Å². The predicted molar refractivity (Wildman–Crippen MR) is 313 cm³/mol. The monoisotopic (exact) mass is 990 g/mol. The maximum Gasteiger partial charge on any atom is 0.166 e. The lowest BCUT2D eigenvalue weighted by atomic mass is 9.95. The zero-order valence-corrected chi connectivity index (χ0v) is 43.0. The largest absolute Gasteiger partial charge is 0.309 e. The van der Waals surface area contributed by atoms with Crippen molar-refractivity contribution in [1.82, 2.24) is 39.5 Å². The van der Waals surface area contributed by atoms with Gasteiger partial charge in [-0.25, -0.2) is 29.9 Å². The lowest BCUT2D eigenvalue weighted by Gasteiger charge is -2.18. The first kappa shape index (κ1) is 46.7. The van der Waals surface area contributed by atoms with E-state index in [0.717, 1.165) is 83.1 Å². The van der Waals surface area contributed by atoms with Gasteiger partial charge in [0.1, 0.15) is 0 Å².